The standard InChI is InChI=1S/C27H37N5O6S/c1-19(2)24-25(33)32(26(29-24)39(35,36)37)23-10-9-22(17-28-23)38-27(34)31-15-12-20(13-16-31)11-14-30(3)18-21-7-5-4-6-8-21/h4-10,17,19-20,24,26,29H,11-16,18H2,1-3H3,(H,35,36,37). The first-order chi connectivity index (χ1) is 18.5. The van der Waals surface area contributed by atoms with Gasteiger partial charge in [-0.05, 0) is 62.4 Å². The molecule has 2 atom stereocenters. The molecule has 0 radical (unpaired) electrons. The Labute approximate surface area is 229 Å². The molecule has 0 spiro atoms. The predicted octanol–water partition coefficient (Wildman–Crippen LogP) is 2.95. The zero-order chi connectivity index (χ0) is 28.2. The van der Waals surface area contributed by atoms with Crippen LogP contribution in [0.4, 0.5) is 10.6 Å². The molecule has 2 amide bonds. The SMILES string of the molecule is CC(C)C1NC(S(=O)(=O)O)N(c2ccc(OC(=O)N3CCC(CCN(C)Cc4ccccc4)CC3)cn2)C1=O. The number of nitrogens with one attached hydrogen (secondary N) is 1. The van der Waals surface area contributed by atoms with E-state index in [1.807, 2.05) is 6.07 Å². The van der Waals surface area contributed by atoms with E-state index in [0.717, 1.165) is 37.3 Å². The van der Waals surface area contributed by atoms with Crippen molar-refractivity contribution in [3.05, 3.63) is 54.2 Å². The lowest BCUT2D eigenvalue weighted by Gasteiger charge is -2.32. The van der Waals surface area contributed by atoms with Gasteiger partial charge in [-0.15, -0.1) is 0 Å². The number of pyridine rings is 1. The van der Waals surface area contributed by atoms with Gasteiger partial charge in [-0.25, -0.2) is 9.78 Å². The summed E-state index contributed by atoms with van der Waals surface area (Å²) in [6.07, 6.45) is 3.68. The van der Waals surface area contributed by atoms with Crippen molar-refractivity contribution in [1.29, 1.82) is 0 Å². The molecule has 2 aliphatic heterocycles. The highest BCUT2D eigenvalue weighted by Gasteiger charge is 2.47. The van der Waals surface area contributed by atoms with E-state index in [-0.39, 0.29) is 17.5 Å². The van der Waals surface area contributed by atoms with Crippen LogP contribution in [-0.2, 0) is 21.5 Å². The van der Waals surface area contributed by atoms with Crippen LogP contribution in [0.2, 0.25) is 0 Å². The molecule has 4 rings (SSSR count). The van der Waals surface area contributed by atoms with Gasteiger partial charge in [0, 0.05) is 19.6 Å². The molecule has 2 unspecified atom stereocenters. The van der Waals surface area contributed by atoms with Crippen molar-refractivity contribution in [3.8, 4) is 5.75 Å². The highest BCUT2D eigenvalue weighted by molar-refractivity contribution is 7.86. The van der Waals surface area contributed by atoms with Gasteiger partial charge in [0.15, 0.2) is 5.75 Å². The molecule has 12 heteroatoms. The second-order valence-corrected chi connectivity index (χ2v) is 12.1. The summed E-state index contributed by atoms with van der Waals surface area (Å²) in [5, 5.41) is 2.65. The first-order valence-electron chi connectivity index (χ1n) is 13.2. The number of carbonyl (C=O) groups is 2. The molecule has 0 saturated carbocycles. The van der Waals surface area contributed by atoms with Crippen molar-refractivity contribution < 1.29 is 27.3 Å². The molecular formula is C27H37N5O6S. The first kappa shape index (κ1) is 28.9. The summed E-state index contributed by atoms with van der Waals surface area (Å²) in [4.78, 5) is 34.6. The minimum atomic E-state index is -4.61. The Hall–Kier alpha value is -3.06. The van der Waals surface area contributed by atoms with Crippen molar-refractivity contribution in [3.63, 3.8) is 0 Å². The normalized spacial score (nSPS) is 20.7. The molecule has 2 aromatic rings. The lowest BCUT2D eigenvalue weighted by Crippen LogP contribution is -2.44. The van der Waals surface area contributed by atoms with Crippen molar-refractivity contribution in [2.75, 3.05) is 31.6 Å². The van der Waals surface area contributed by atoms with Crippen LogP contribution < -0.4 is 15.0 Å². The molecule has 0 bridgehead atoms. The van der Waals surface area contributed by atoms with Crippen LogP contribution in [0.1, 0.15) is 38.7 Å². The summed E-state index contributed by atoms with van der Waals surface area (Å²) in [5.74, 6) is 0.0310. The van der Waals surface area contributed by atoms with E-state index in [4.69, 9.17) is 4.74 Å². The smallest absolute Gasteiger partial charge is 0.409 e. The van der Waals surface area contributed by atoms with Crippen molar-refractivity contribution >= 4 is 27.9 Å². The summed E-state index contributed by atoms with van der Waals surface area (Å²) in [6.45, 7) is 6.66. The quantitative estimate of drug-likeness (QED) is 0.445. The second kappa shape index (κ2) is 12.4. The Morgan fingerprint density at radius 2 is 1.87 bits per heavy atom. The molecule has 0 aliphatic carbocycles. The average molecular weight is 560 g/mol. The number of aromatic nitrogens is 1. The number of rotatable bonds is 9. The maximum Gasteiger partial charge on any atom is 0.415 e. The van der Waals surface area contributed by atoms with Crippen LogP contribution in [0.25, 0.3) is 0 Å². The van der Waals surface area contributed by atoms with Crippen molar-refractivity contribution in [2.24, 2.45) is 11.8 Å². The summed E-state index contributed by atoms with van der Waals surface area (Å²) in [6, 6.07) is 12.4. The van der Waals surface area contributed by atoms with Crippen LogP contribution in [-0.4, -0.2) is 78.0 Å². The lowest BCUT2D eigenvalue weighted by molar-refractivity contribution is -0.119. The number of amides is 2. The third kappa shape index (κ3) is 7.33. The topological polar surface area (TPSA) is 132 Å². The van der Waals surface area contributed by atoms with Crippen LogP contribution in [0.5, 0.6) is 5.75 Å². The van der Waals surface area contributed by atoms with E-state index >= 15 is 0 Å². The van der Waals surface area contributed by atoms with Crippen LogP contribution in [0.3, 0.4) is 0 Å². The Morgan fingerprint density at radius 3 is 2.46 bits per heavy atom. The number of hydrogen-bond donors (Lipinski definition) is 2. The fourth-order valence-corrected chi connectivity index (χ4v) is 5.81. The minimum absolute atomic E-state index is 0.0242. The monoisotopic (exact) mass is 559 g/mol. The predicted molar refractivity (Wildman–Crippen MR) is 147 cm³/mol. The highest BCUT2D eigenvalue weighted by atomic mass is 32.2. The second-order valence-electron chi connectivity index (χ2n) is 10.6. The molecule has 1 aromatic heterocycles. The lowest BCUT2D eigenvalue weighted by atomic mass is 9.93. The van der Waals surface area contributed by atoms with E-state index in [9.17, 15) is 22.6 Å². The van der Waals surface area contributed by atoms with Crippen molar-refractivity contribution in [2.45, 2.75) is 51.2 Å². The molecule has 2 N–H and O–H groups in total. The molecule has 2 saturated heterocycles. The third-order valence-electron chi connectivity index (χ3n) is 7.27. The van der Waals surface area contributed by atoms with Crippen molar-refractivity contribution in [1.82, 2.24) is 20.1 Å². The number of likely N-dealkylation sites (tertiary alicyclic amines) is 1. The van der Waals surface area contributed by atoms with Gasteiger partial charge < -0.3 is 14.5 Å². The van der Waals surface area contributed by atoms with E-state index in [0.29, 0.717) is 19.0 Å². The molecule has 2 fully saturated rings. The molecular weight excluding hydrogens is 522 g/mol. The van der Waals surface area contributed by atoms with Gasteiger partial charge in [0.1, 0.15) is 5.82 Å². The van der Waals surface area contributed by atoms with E-state index in [1.165, 1.54) is 23.9 Å². The van der Waals surface area contributed by atoms with E-state index in [2.05, 4.69) is 46.5 Å². The fourth-order valence-electron chi connectivity index (χ4n) is 5.02. The number of piperidine rings is 1. The largest absolute Gasteiger partial charge is 0.415 e. The van der Waals surface area contributed by atoms with Gasteiger partial charge >= 0.3 is 16.2 Å². The molecule has 3 heterocycles. The first-order valence-corrected chi connectivity index (χ1v) is 14.7. The van der Waals surface area contributed by atoms with Crippen LogP contribution in [0, 0.1) is 11.8 Å². The summed E-state index contributed by atoms with van der Waals surface area (Å²) < 4.78 is 38.9. The van der Waals surface area contributed by atoms with Gasteiger partial charge in [0.25, 0.3) is 0 Å². The number of nitrogens with zero attached hydrogens (tertiary/aromatic N) is 4. The molecule has 11 nitrogen and oxygen atoms in total. The molecule has 2 aliphatic rings. The Kier molecular flexibility index (Phi) is 9.21. The number of ether oxygens (including phenoxy) is 1. The number of carbonyl (C=O) groups excluding carboxylic acids is 2. The molecule has 1 aromatic carbocycles. The van der Waals surface area contributed by atoms with Gasteiger partial charge in [-0.2, -0.15) is 8.42 Å². The molecule has 212 valence electrons. The number of benzene rings is 1. The number of hydrogen-bond acceptors (Lipinski definition) is 8. The number of anilines is 1. The van der Waals surface area contributed by atoms with Gasteiger partial charge in [-0.3, -0.25) is 19.6 Å². The maximum atomic E-state index is 12.8. The zero-order valence-electron chi connectivity index (χ0n) is 22.6. The minimum Gasteiger partial charge on any atom is -0.409 e. The van der Waals surface area contributed by atoms with Gasteiger partial charge in [0.2, 0.25) is 11.4 Å². The zero-order valence-corrected chi connectivity index (χ0v) is 23.4. The Morgan fingerprint density at radius 1 is 1.18 bits per heavy atom. The third-order valence-corrected chi connectivity index (χ3v) is 8.18. The maximum absolute atomic E-state index is 12.8. The van der Waals surface area contributed by atoms with Gasteiger partial charge in [-0.1, -0.05) is 44.2 Å². The van der Waals surface area contributed by atoms with E-state index < -0.39 is 33.7 Å². The van der Waals surface area contributed by atoms with Crippen LogP contribution in [0.15, 0.2) is 48.7 Å². The Balaban J connectivity index is 1.26. The summed E-state index contributed by atoms with van der Waals surface area (Å²) in [5.41, 5.74) is -0.348. The Bertz CT molecular complexity index is 1230. The van der Waals surface area contributed by atoms with Crippen LogP contribution >= 0.6 is 0 Å². The van der Waals surface area contributed by atoms with Gasteiger partial charge in [0.05, 0.1) is 12.2 Å². The van der Waals surface area contributed by atoms with E-state index in [1.54, 1.807) is 18.7 Å². The summed E-state index contributed by atoms with van der Waals surface area (Å²) >= 11 is 0. The summed E-state index contributed by atoms with van der Waals surface area (Å²) in [7, 11) is -2.49. The average Bonchev–Trinajstić information content (AvgIpc) is 3.27. The molecule has 39 heavy (non-hydrogen) atoms. The fraction of sp³-hybridized carbons (Fsp3) is 0.519. The highest BCUT2D eigenvalue weighted by Crippen LogP contribution is 2.27.